The first-order valence-electron chi connectivity index (χ1n) is 18.0. The maximum absolute atomic E-state index is 16.9. The third-order valence-electron chi connectivity index (χ3n) is 9.38. The number of fused-ring (bicyclic) bond motifs is 3. The quantitative estimate of drug-likeness (QED) is 0.102. The predicted molar refractivity (Wildman–Crippen MR) is 198 cm³/mol. The smallest absolute Gasteiger partial charge is 0.449 e. The van der Waals surface area contributed by atoms with Crippen LogP contribution in [0.2, 0.25) is 0 Å². The molecule has 2 aliphatic rings. The molecule has 2 fully saturated rings. The average Bonchev–Trinajstić information content (AvgIpc) is 3.71. The van der Waals surface area contributed by atoms with Crippen LogP contribution in [-0.2, 0) is 11.0 Å². The summed E-state index contributed by atoms with van der Waals surface area (Å²) < 4.78 is 115. The van der Waals surface area contributed by atoms with Gasteiger partial charge in [-0.2, -0.15) is 36.3 Å². The first kappa shape index (κ1) is 43.7. The summed E-state index contributed by atoms with van der Waals surface area (Å²) in [5.41, 5.74) is -3.81. The van der Waals surface area contributed by atoms with Gasteiger partial charge in [0.1, 0.15) is 35.2 Å². The molecule has 6 rings (SSSR count). The lowest BCUT2D eigenvalue weighted by molar-refractivity contribution is -0.168. The van der Waals surface area contributed by atoms with E-state index in [0.717, 1.165) is 50.9 Å². The Morgan fingerprint density at radius 3 is 2.23 bits per heavy atom. The number of nitrogens with zero attached hydrogens (tertiary/aromatic N) is 5. The third kappa shape index (κ3) is 9.15. The molecule has 8 nitrogen and oxygen atoms in total. The fraction of sp³-hybridized carbons (Fsp3) is 0.450. The van der Waals surface area contributed by atoms with Crippen molar-refractivity contribution in [2.75, 3.05) is 37.7 Å². The van der Waals surface area contributed by atoms with Crippen molar-refractivity contribution in [2.45, 2.75) is 78.2 Å². The Morgan fingerprint density at radius 1 is 1.07 bits per heavy atom. The summed E-state index contributed by atoms with van der Waals surface area (Å²) in [6, 6.07) is 4.34. The minimum absolute atomic E-state index is 0.0177. The topological polar surface area (TPSA) is 91.7 Å². The van der Waals surface area contributed by atoms with E-state index in [-0.39, 0.29) is 64.9 Å². The van der Waals surface area contributed by atoms with Crippen molar-refractivity contribution in [3.8, 4) is 35.4 Å². The number of ketones is 1. The number of terminal acetylenes is 1. The number of phenolic OH excluding ortho intramolecular Hbond substituents is 1. The highest BCUT2D eigenvalue weighted by Gasteiger charge is 2.45. The van der Waals surface area contributed by atoms with Gasteiger partial charge in [0, 0.05) is 31.0 Å². The van der Waals surface area contributed by atoms with Crippen LogP contribution in [0, 0.1) is 29.9 Å². The zero-order chi connectivity index (χ0) is 41.7. The van der Waals surface area contributed by atoms with Gasteiger partial charge in [-0.3, -0.25) is 9.69 Å². The van der Waals surface area contributed by atoms with E-state index in [1.54, 1.807) is 4.90 Å². The molecule has 0 radical (unpaired) electrons. The number of benzene rings is 2. The van der Waals surface area contributed by atoms with Gasteiger partial charge in [-0.05, 0) is 68.3 Å². The van der Waals surface area contributed by atoms with Crippen LogP contribution in [0.15, 0.2) is 36.9 Å². The number of alkyl halides is 6. The number of halogens is 8. The molecule has 0 atom stereocenters. The number of hydrogen-bond donors (Lipinski definition) is 1. The van der Waals surface area contributed by atoms with Gasteiger partial charge in [-0.25, -0.2) is 13.8 Å². The van der Waals surface area contributed by atoms with E-state index in [4.69, 9.17) is 11.2 Å². The first-order chi connectivity index (χ1) is 26.3. The number of carbonyl (C=O) groups excluding carboxylic acids is 1. The molecule has 0 saturated carbocycles. The molecule has 4 heterocycles. The number of pyridine rings is 1. The van der Waals surface area contributed by atoms with Gasteiger partial charge >= 0.3 is 18.4 Å². The number of aromatic nitrogens is 3. The number of rotatable bonds is 9. The molecular formula is C40H43F8N5O3. The average molecular weight is 794 g/mol. The summed E-state index contributed by atoms with van der Waals surface area (Å²) in [5.74, 6) is -2.26. The van der Waals surface area contributed by atoms with Crippen LogP contribution >= 0.6 is 0 Å². The van der Waals surface area contributed by atoms with E-state index in [1.807, 2.05) is 27.7 Å². The fourth-order valence-electron chi connectivity index (χ4n) is 7.07. The summed E-state index contributed by atoms with van der Waals surface area (Å²) in [6.45, 7) is 14.4. The van der Waals surface area contributed by atoms with E-state index in [1.165, 1.54) is 18.2 Å². The summed E-state index contributed by atoms with van der Waals surface area (Å²) in [5, 5.41) is 9.96. The maximum Gasteiger partial charge on any atom is 0.449 e. The first-order valence-corrected chi connectivity index (χ1v) is 18.0. The van der Waals surface area contributed by atoms with E-state index in [0.29, 0.717) is 6.92 Å². The van der Waals surface area contributed by atoms with Crippen molar-refractivity contribution in [3.63, 3.8) is 0 Å². The Balaban J connectivity index is 0.000000698. The van der Waals surface area contributed by atoms with Crippen molar-refractivity contribution >= 4 is 33.3 Å². The van der Waals surface area contributed by atoms with Crippen LogP contribution in [0.5, 0.6) is 11.8 Å². The Bertz CT molecular complexity index is 2120. The molecule has 1 N–H and O–H groups in total. The number of anilines is 1. The summed E-state index contributed by atoms with van der Waals surface area (Å²) in [4.78, 5) is 25.8. The molecule has 0 aliphatic carbocycles. The number of phenols is 1. The van der Waals surface area contributed by atoms with Gasteiger partial charge in [0.25, 0.3) is 0 Å². The largest absolute Gasteiger partial charge is 0.508 e. The van der Waals surface area contributed by atoms with Gasteiger partial charge in [-0.1, -0.05) is 45.8 Å². The highest BCUT2D eigenvalue weighted by molar-refractivity contribution is 6.03. The molecule has 2 saturated heterocycles. The van der Waals surface area contributed by atoms with E-state index in [9.17, 15) is 40.6 Å². The van der Waals surface area contributed by atoms with Gasteiger partial charge in [0.2, 0.25) is 5.78 Å². The monoisotopic (exact) mass is 793 g/mol. The Morgan fingerprint density at radius 2 is 1.70 bits per heavy atom. The lowest BCUT2D eigenvalue weighted by Crippen LogP contribution is -2.43. The van der Waals surface area contributed by atoms with Crippen molar-refractivity contribution in [1.29, 1.82) is 0 Å². The minimum atomic E-state index is -5.10. The zero-order valence-corrected chi connectivity index (χ0v) is 31.6. The molecular weight excluding hydrogens is 750 g/mol. The lowest BCUT2D eigenvalue weighted by atomic mass is 9.95. The molecule has 0 spiro atoms. The summed E-state index contributed by atoms with van der Waals surface area (Å²) in [7, 11) is 0. The fourth-order valence-corrected chi connectivity index (χ4v) is 7.07. The number of aromatic hydroxyl groups is 1. The van der Waals surface area contributed by atoms with E-state index >= 15 is 4.39 Å². The molecule has 56 heavy (non-hydrogen) atoms. The summed E-state index contributed by atoms with van der Waals surface area (Å²) >= 11 is 0. The van der Waals surface area contributed by atoms with Crippen molar-refractivity contribution < 1.29 is 49.8 Å². The highest BCUT2D eigenvalue weighted by Crippen LogP contribution is 2.44. The Hall–Kier alpha value is -5.04. The van der Waals surface area contributed by atoms with Gasteiger partial charge < -0.3 is 14.7 Å². The number of ether oxygens (including phenoxy) is 1. The van der Waals surface area contributed by atoms with Crippen molar-refractivity contribution in [1.82, 2.24) is 19.9 Å². The minimum Gasteiger partial charge on any atom is -0.508 e. The van der Waals surface area contributed by atoms with Gasteiger partial charge in [0.05, 0.1) is 16.5 Å². The molecule has 0 unspecified atom stereocenters. The normalized spacial score (nSPS) is 15.1. The van der Waals surface area contributed by atoms with Crippen LogP contribution in [0.1, 0.15) is 71.6 Å². The number of carbonyl (C=O) groups is 1. The molecule has 16 heteroatoms. The standard InChI is InChI=1S/C35H34F5N5O2.C3H3F3O.C2H6/c1-5-13-44(18-20(3)4)32-27-30(42-33(43-32)47-19-34-11-7-14-45(34)15-8-12-34)28(37)29(41-31(27)35(38,39)40)24-17-22(46)16-21-9-10-25(36)23(6-2)26(21)24;1-2(7)3(4,5)6;1-2/h2,5,9-10,16-17,20,46H,1,7-8,11-15,18-19H2,3-4H3;1H3;1-2H3. The lowest BCUT2D eigenvalue weighted by Gasteiger charge is -2.31. The molecule has 0 bridgehead atoms. The van der Waals surface area contributed by atoms with Crippen LogP contribution < -0.4 is 9.64 Å². The number of Topliss-reactive ketones (excluding diaryl/α,β-unsaturated/α-hetero) is 1. The molecule has 4 aromatic rings. The maximum atomic E-state index is 16.9. The van der Waals surface area contributed by atoms with Crippen LogP contribution in [0.3, 0.4) is 0 Å². The Labute approximate surface area is 319 Å². The second kappa shape index (κ2) is 17.4. The van der Waals surface area contributed by atoms with Crippen molar-refractivity contribution in [2.24, 2.45) is 5.92 Å². The zero-order valence-electron chi connectivity index (χ0n) is 31.6. The van der Waals surface area contributed by atoms with Crippen LogP contribution in [0.4, 0.5) is 40.9 Å². The van der Waals surface area contributed by atoms with Gasteiger partial charge in [-0.15, -0.1) is 13.0 Å². The predicted octanol–water partition coefficient (Wildman–Crippen LogP) is 9.65. The molecule has 2 aliphatic heterocycles. The highest BCUT2D eigenvalue weighted by atomic mass is 19.4. The third-order valence-corrected chi connectivity index (χ3v) is 9.38. The second-order valence-electron chi connectivity index (χ2n) is 13.7. The van der Waals surface area contributed by atoms with Crippen LogP contribution in [0.25, 0.3) is 32.9 Å². The molecule has 302 valence electrons. The SMILES string of the molecule is C#Cc1c(F)ccc2cc(O)cc(-c3nc(C(F)(F)F)c4c(N(CC=C)CC(C)C)nc(OCC56CCCN5CCC6)nc4c3F)c12.CC.CC(=O)C(F)(F)F. The molecule has 2 aromatic heterocycles. The van der Waals surface area contributed by atoms with E-state index < -0.39 is 57.8 Å². The molecule has 2 aromatic carbocycles. The molecule has 0 amide bonds. The second-order valence-corrected chi connectivity index (χ2v) is 13.7. The van der Waals surface area contributed by atoms with Crippen LogP contribution in [-0.4, -0.2) is 75.2 Å². The number of hydrogen-bond acceptors (Lipinski definition) is 8. The van der Waals surface area contributed by atoms with E-state index in [2.05, 4.69) is 32.4 Å². The van der Waals surface area contributed by atoms with Gasteiger partial charge in [0.15, 0.2) is 11.5 Å². The Kier molecular flexibility index (Phi) is 13.6. The summed E-state index contributed by atoms with van der Waals surface area (Å²) in [6.07, 6.45) is 1.14. The van der Waals surface area contributed by atoms with Crippen molar-refractivity contribution in [3.05, 3.63) is 59.8 Å².